The molecule has 8 nitrogen and oxygen atoms in total. The highest BCUT2D eigenvalue weighted by atomic mass is 16.1. The van der Waals surface area contributed by atoms with Crippen molar-refractivity contribution < 1.29 is 0 Å². The van der Waals surface area contributed by atoms with Crippen LogP contribution >= 0.6 is 0 Å². The highest BCUT2D eigenvalue weighted by molar-refractivity contribution is 6.05. The molecule has 0 amide bonds. The van der Waals surface area contributed by atoms with Crippen LogP contribution in [0.25, 0.3) is 87.2 Å². The molecule has 0 N–H and O–H groups in total. The van der Waals surface area contributed by atoms with Gasteiger partial charge in [0.15, 0.2) is 21.7 Å². The Bertz CT molecular complexity index is 3670. The lowest BCUT2D eigenvalue weighted by molar-refractivity contribution is 0.569. The second kappa shape index (κ2) is 20.3. The van der Waals surface area contributed by atoms with Gasteiger partial charge in [0.1, 0.15) is 0 Å². The third kappa shape index (κ3) is 8.98. The summed E-state index contributed by atoms with van der Waals surface area (Å²) in [5, 5.41) is 5.65. The van der Waals surface area contributed by atoms with Crippen LogP contribution in [0.1, 0.15) is 113 Å². The molecule has 10 aromatic rings. The molecular weight excluding hydrogens is 865 g/mol. The van der Waals surface area contributed by atoms with Gasteiger partial charge in [-0.1, -0.05) is 125 Å². The van der Waals surface area contributed by atoms with E-state index in [1.54, 1.807) is 0 Å². The van der Waals surface area contributed by atoms with Gasteiger partial charge in [-0.15, -0.1) is 0 Å². The van der Waals surface area contributed by atoms with E-state index in [-0.39, 0.29) is 21.7 Å². The van der Waals surface area contributed by atoms with Crippen molar-refractivity contribution in [2.24, 2.45) is 14.1 Å². The molecule has 0 aliphatic heterocycles. The average Bonchev–Trinajstić information content (AvgIpc) is 3.36. The van der Waals surface area contributed by atoms with Gasteiger partial charge in [-0.3, -0.25) is 19.2 Å². The van der Waals surface area contributed by atoms with Crippen molar-refractivity contribution in [2.75, 3.05) is 0 Å². The van der Waals surface area contributed by atoms with Crippen LogP contribution in [0, 0.1) is 27.7 Å². The third-order valence-electron chi connectivity index (χ3n) is 14.9. The first kappa shape index (κ1) is 48.2. The van der Waals surface area contributed by atoms with Crippen molar-refractivity contribution in [1.82, 2.24) is 18.3 Å². The monoisotopic (exact) mass is 933 g/mol. The van der Waals surface area contributed by atoms with Gasteiger partial charge in [0, 0.05) is 70.3 Å². The molecular formula is C62H68N4O4. The van der Waals surface area contributed by atoms with E-state index in [9.17, 15) is 19.2 Å². The van der Waals surface area contributed by atoms with E-state index in [1.807, 2.05) is 124 Å². The summed E-state index contributed by atoms with van der Waals surface area (Å²) in [6, 6.07) is 32.1. The Morgan fingerprint density at radius 1 is 0.300 bits per heavy atom. The van der Waals surface area contributed by atoms with E-state index in [0.29, 0.717) is 32.3 Å². The smallest absolute Gasteiger partial charge is 0.197 e. The number of aryl methyl sites for hydroxylation is 8. The fraction of sp³-hybridized carbons (Fsp3) is 0.355. The summed E-state index contributed by atoms with van der Waals surface area (Å²) >= 11 is 0. The number of pyridine rings is 4. The molecule has 0 fully saturated rings. The van der Waals surface area contributed by atoms with Crippen LogP contribution in [-0.2, 0) is 27.2 Å². The maximum atomic E-state index is 14.0. The molecule has 0 saturated carbocycles. The second-order valence-corrected chi connectivity index (χ2v) is 20.1. The number of aromatic nitrogens is 4. The van der Waals surface area contributed by atoms with Gasteiger partial charge in [0.25, 0.3) is 0 Å². The normalized spacial score (nSPS) is 11.9. The van der Waals surface area contributed by atoms with Crippen LogP contribution in [0.4, 0.5) is 0 Å². The van der Waals surface area contributed by atoms with Crippen molar-refractivity contribution in [3.63, 3.8) is 0 Å². The molecule has 4 heterocycles. The van der Waals surface area contributed by atoms with Gasteiger partial charge in [-0.2, -0.15) is 0 Å². The van der Waals surface area contributed by atoms with Gasteiger partial charge in [-0.25, -0.2) is 0 Å². The molecule has 70 heavy (non-hydrogen) atoms. The van der Waals surface area contributed by atoms with Gasteiger partial charge in [-0.05, 0) is 113 Å². The number of hydrogen-bond acceptors (Lipinski definition) is 4. The van der Waals surface area contributed by atoms with Gasteiger partial charge < -0.3 is 18.3 Å². The molecule has 0 bridgehead atoms. The van der Waals surface area contributed by atoms with Crippen LogP contribution in [-0.4, -0.2) is 18.3 Å². The highest BCUT2D eigenvalue weighted by Gasteiger charge is 2.19. The third-order valence-corrected chi connectivity index (χ3v) is 14.9. The summed E-state index contributed by atoms with van der Waals surface area (Å²) < 4.78 is 8.63. The fourth-order valence-electron chi connectivity index (χ4n) is 10.9. The van der Waals surface area contributed by atoms with Crippen LogP contribution in [0.2, 0.25) is 0 Å². The maximum absolute atomic E-state index is 14.0. The zero-order valence-electron chi connectivity index (χ0n) is 42.6. The summed E-state index contributed by atoms with van der Waals surface area (Å²) in [5.74, 6) is 0. The van der Waals surface area contributed by atoms with Crippen LogP contribution in [0.3, 0.4) is 0 Å². The zero-order chi connectivity index (χ0) is 49.4. The minimum atomic E-state index is 0.00477. The summed E-state index contributed by atoms with van der Waals surface area (Å²) in [7, 11) is 3.89. The molecule has 0 unspecified atom stereocenters. The molecule has 0 saturated heterocycles. The standard InChI is InChI=1S/C38H48N2O2.C24H20N2O2/c1-5-7-9-11-13-15-21-39-33-19-17-27(3)23-29(33)37(41)31-26-36-32(25-35(31)39)38(42)30-24-28(4)18-20-34(30)40(36)22-16-14-12-10-8-6-2;1-13-5-7-19-15(9-13)23(27)17-11-22-18(12-21(17)25(19)3)24(28)16-10-14(2)6-8-20(16)26(22)4/h17-20,23-26H,5-16,21-22H2,1-4H3;5-12H,1-4H3. The number of nitrogens with zero attached hydrogens (tertiary/aromatic N) is 4. The van der Waals surface area contributed by atoms with Crippen LogP contribution in [0.5, 0.6) is 0 Å². The van der Waals surface area contributed by atoms with Crippen LogP contribution in [0.15, 0.2) is 116 Å². The minimum Gasteiger partial charge on any atom is -0.343 e. The Morgan fingerprint density at radius 2 is 0.557 bits per heavy atom. The van der Waals surface area contributed by atoms with Crippen molar-refractivity contribution >= 4 is 87.2 Å². The quantitative estimate of drug-likeness (QED) is 0.0803. The van der Waals surface area contributed by atoms with Crippen molar-refractivity contribution in [3.8, 4) is 0 Å². The first-order valence-corrected chi connectivity index (χ1v) is 25.8. The Hall–Kier alpha value is -6.80. The number of hydrogen-bond donors (Lipinski definition) is 0. The van der Waals surface area contributed by atoms with E-state index < -0.39 is 0 Å². The second-order valence-electron chi connectivity index (χ2n) is 20.1. The lowest BCUT2D eigenvalue weighted by Gasteiger charge is -2.19. The molecule has 10 rings (SSSR count). The summed E-state index contributed by atoms with van der Waals surface area (Å²) in [6.07, 6.45) is 14.5. The Labute approximate surface area is 409 Å². The maximum Gasteiger partial charge on any atom is 0.197 e. The SMILES string of the molecule is CCCCCCCCn1c2ccc(C)cc2c(=O)c2cc3c(cc21)c(=O)c1cc(C)ccc1n3CCCCCCCC.Cc1ccc2c(c1)c(=O)c1cc3c(cc1n2C)c(=O)c1cc(C)ccc1n3C. The molecule has 6 aromatic carbocycles. The van der Waals surface area contributed by atoms with Gasteiger partial charge >= 0.3 is 0 Å². The Balaban J connectivity index is 0.000000188. The fourth-order valence-corrected chi connectivity index (χ4v) is 10.9. The molecule has 0 aliphatic carbocycles. The minimum absolute atomic E-state index is 0.00477. The van der Waals surface area contributed by atoms with Crippen molar-refractivity contribution in [2.45, 2.75) is 132 Å². The summed E-state index contributed by atoms with van der Waals surface area (Å²) in [4.78, 5) is 54.6. The lowest BCUT2D eigenvalue weighted by Crippen LogP contribution is -2.16. The first-order valence-electron chi connectivity index (χ1n) is 25.8. The number of unbranched alkanes of at least 4 members (excludes halogenated alkanes) is 10. The predicted molar refractivity (Wildman–Crippen MR) is 298 cm³/mol. The van der Waals surface area contributed by atoms with E-state index >= 15 is 0 Å². The molecule has 8 heteroatoms. The zero-order valence-corrected chi connectivity index (χ0v) is 42.6. The molecule has 0 aliphatic rings. The lowest BCUT2D eigenvalue weighted by atomic mass is 10.0. The van der Waals surface area contributed by atoms with E-state index in [2.05, 4.69) is 47.2 Å². The van der Waals surface area contributed by atoms with E-state index in [4.69, 9.17) is 0 Å². The van der Waals surface area contributed by atoms with Crippen LogP contribution < -0.4 is 21.7 Å². The van der Waals surface area contributed by atoms with E-state index in [0.717, 1.165) is 103 Å². The number of fused-ring (bicyclic) bond motifs is 8. The number of rotatable bonds is 14. The molecule has 4 aromatic heterocycles. The highest BCUT2D eigenvalue weighted by Crippen LogP contribution is 2.30. The molecule has 360 valence electrons. The molecule has 0 spiro atoms. The predicted octanol–water partition coefficient (Wildman–Crippen LogP) is 14.3. The molecule has 0 atom stereocenters. The molecule has 0 radical (unpaired) electrons. The Morgan fingerprint density at radius 3 is 0.900 bits per heavy atom. The average molecular weight is 933 g/mol. The first-order chi connectivity index (χ1) is 33.8. The topological polar surface area (TPSA) is 88.0 Å². The van der Waals surface area contributed by atoms with Crippen molar-refractivity contribution in [3.05, 3.63) is 160 Å². The Kier molecular flexibility index (Phi) is 14.0. The van der Waals surface area contributed by atoms with Crippen molar-refractivity contribution in [1.29, 1.82) is 0 Å². The van der Waals surface area contributed by atoms with Gasteiger partial charge in [0.05, 0.1) is 44.1 Å². The van der Waals surface area contributed by atoms with E-state index in [1.165, 1.54) is 64.2 Å². The van der Waals surface area contributed by atoms with Gasteiger partial charge in [0.2, 0.25) is 0 Å². The number of benzene rings is 6. The summed E-state index contributed by atoms with van der Waals surface area (Å²) in [6.45, 7) is 14.2. The largest absolute Gasteiger partial charge is 0.343 e. The summed E-state index contributed by atoms with van der Waals surface area (Å²) in [5.41, 5.74) is 11.4.